The summed E-state index contributed by atoms with van der Waals surface area (Å²) in [6, 6.07) is 0. The number of pyridine rings is 1. The highest BCUT2D eigenvalue weighted by Gasteiger charge is 2.24. The number of hydrogen-bond acceptors (Lipinski definition) is 3. The van der Waals surface area contributed by atoms with Crippen molar-refractivity contribution in [1.82, 2.24) is 14.8 Å². The maximum atomic E-state index is 12.5. The first-order valence-electron chi connectivity index (χ1n) is 7.79. The molecule has 2 aromatic heterocycles. The molecule has 22 heavy (non-hydrogen) atoms. The number of halogens is 1. The number of anilines is 1. The predicted octanol–water partition coefficient (Wildman–Crippen LogP) is 3.76. The smallest absolute Gasteiger partial charge is 0.228 e. The molecule has 5 nitrogen and oxygen atoms in total. The second kappa shape index (κ2) is 5.88. The van der Waals surface area contributed by atoms with Gasteiger partial charge in [0, 0.05) is 13.0 Å². The van der Waals surface area contributed by atoms with Gasteiger partial charge in [-0.3, -0.25) is 4.79 Å². The van der Waals surface area contributed by atoms with Gasteiger partial charge in [-0.1, -0.05) is 30.9 Å². The lowest BCUT2D eigenvalue weighted by molar-refractivity contribution is -0.120. The third-order valence-corrected chi connectivity index (χ3v) is 5.09. The molecule has 0 radical (unpaired) electrons. The van der Waals surface area contributed by atoms with Crippen LogP contribution in [0.15, 0.2) is 0 Å². The molecule has 0 atom stereocenters. The Labute approximate surface area is 135 Å². The zero-order chi connectivity index (χ0) is 15.9. The Morgan fingerprint density at radius 2 is 1.95 bits per heavy atom. The highest BCUT2D eigenvalue weighted by molar-refractivity contribution is 6.33. The Morgan fingerprint density at radius 1 is 1.27 bits per heavy atom. The number of rotatable bonds is 2. The van der Waals surface area contributed by atoms with Crippen LogP contribution in [0.5, 0.6) is 0 Å². The zero-order valence-corrected chi connectivity index (χ0v) is 14.0. The van der Waals surface area contributed by atoms with Crippen LogP contribution in [0.25, 0.3) is 11.0 Å². The van der Waals surface area contributed by atoms with E-state index in [4.69, 9.17) is 11.6 Å². The van der Waals surface area contributed by atoms with Gasteiger partial charge in [0.05, 0.1) is 16.1 Å². The Morgan fingerprint density at radius 3 is 2.64 bits per heavy atom. The third kappa shape index (κ3) is 2.58. The molecule has 1 aliphatic rings. The molecule has 0 aliphatic heterocycles. The van der Waals surface area contributed by atoms with E-state index in [9.17, 15) is 4.79 Å². The van der Waals surface area contributed by atoms with Crippen molar-refractivity contribution in [2.75, 3.05) is 5.32 Å². The van der Waals surface area contributed by atoms with Crippen molar-refractivity contribution < 1.29 is 4.79 Å². The van der Waals surface area contributed by atoms with E-state index in [2.05, 4.69) is 15.4 Å². The molecule has 6 heteroatoms. The Bertz CT molecular complexity index is 732. The number of aromatic nitrogens is 3. The van der Waals surface area contributed by atoms with Crippen molar-refractivity contribution in [1.29, 1.82) is 0 Å². The molecule has 0 saturated heterocycles. The standard InChI is InChI=1S/C16H21ClN4O/c1-9-12-14(19-16(22)11-7-5-4-6-8-11)20-21(3)15(12)18-10(2)13(9)17/h11H,4-8H2,1-3H3,(H,19,20,22). The van der Waals surface area contributed by atoms with Gasteiger partial charge < -0.3 is 5.32 Å². The summed E-state index contributed by atoms with van der Waals surface area (Å²) in [5, 5.41) is 8.89. The number of carbonyl (C=O) groups is 1. The van der Waals surface area contributed by atoms with Crippen LogP contribution < -0.4 is 5.32 Å². The summed E-state index contributed by atoms with van der Waals surface area (Å²) in [5.74, 6) is 0.732. The molecule has 1 N–H and O–H groups in total. The second-order valence-electron chi connectivity index (χ2n) is 6.13. The number of carbonyl (C=O) groups excluding carboxylic acids is 1. The van der Waals surface area contributed by atoms with Crippen LogP contribution in [0, 0.1) is 19.8 Å². The number of nitrogens with zero attached hydrogens (tertiary/aromatic N) is 3. The molecular formula is C16H21ClN4O. The van der Waals surface area contributed by atoms with Crippen molar-refractivity contribution in [2.24, 2.45) is 13.0 Å². The van der Waals surface area contributed by atoms with Crippen molar-refractivity contribution in [3.8, 4) is 0 Å². The predicted molar refractivity (Wildman–Crippen MR) is 88.2 cm³/mol. The Hall–Kier alpha value is -1.62. The van der Waals surface area contributed by atoms with Gasteiger partial charge in [-0.25, -0.2) is 9.67 Å². The zero-order valence-electron chi connectivity index (χ0n) is 13.2. The van der Waals surface area contributed by atoms with E-state index >= 15 is 0 Å². The van der Waals surface area contributed by atoms with Crippen LogP contribution in [0.3, 0.4) is 0 Å². The molecule has 1 aliphatic carbocycles. The lowest BCUT2D eigenvalue weighted by Gasteiger charge is -2.20. The van der Waals surface area contributed by atoms with Gasteiger partial charge in [-0.15, -0.1) is 0 Å². The molecule has 1 fully saturated rings. The molecule has 1 amide bonds. The van der Waals surface area contributed by atoms with Crippen LogP contribution in [-0.2, 0) is 11.8 Å². The topological polar surface area (TPSA) is 59.8 Å². The molecular weight excluding hydrogens is 300 g/mol. The van der Waals surface area contributed by atoms with E-state index in [0.29, 0.717) is 10.8 Å². The average molecular weight is 321 g/mol. The van der Waals surface area contributed by atoms with Gasteiger partial charge in [0.15, 0.2) is 11.5 Å². The van der Waals surface area contributed by atoms with Gasteiger partial charge in [0.2, 0.25) is 5.91 Å². The van der Waals surface area contributed by atoms with Gasteiger partial charge in [-0.05, 0) is 32.3 Å². The normalized spacial score (nSPS) is 16.2. The van der Waals surface area contributed by atoms with Crippen molar-refractivity contribution in [3.05, 3.63) is 16.3 Å². The first kappa shape index (κ1) is 15.3. The number of aryl methyl sites for hydroxylation is 3. The van der Waals surface area contributed by atoms with Crippen LogP contribution in [0.1, 0.15) is 43.4 Å². The lowest BCUT2D eigenvalue weighted by Crippen LogP contribution is -2.25. The first-order valence-corrected chi connectivity index (χ1v) is 8.17. The molecule has 118 valence electrons. The fourth-order valence-corrected chi connectivity index (χ4v) is 3.39. The van der Waals surface area contributed by atoms with E-state index in [0.717, 1.165) is 48.0 Å². The van der Waals surface area contributed by atoms with Crippen LogP contribution in [-0.4, -0.2) is 20.7 Å². The largest absolute Gasteiger partial charge is 0.308 e. The van der Waals surface area contributed by atoms with Crippen LogP contribution >= 0.6 is 11.6 Å². The van der Waals surface area contributed by atoms with Gasteiger partial charge in [0.1, 0.15) is 0 Å². The van der Waals surface area contributed by atoms with E-state index in [1.54, 1.807) is 4.68 Å². The highest BCUT2D eigenvalue weighted by Crippen LogP contribution is 2.32. The van der Waals surface area contributed by atoms with Crippen LogP contribution in [0.4, 0.5) is 5.82 Å². The van der Waals surface area contributed by atoms with Gasteiger partial charge >= 0.3 is 0 Å². The number of amides is 1. The summed E-state index contributed by atoms with van der Waals surface area (Å²) in [5.41, 5.74) is 2.44. The number of nitrogens with one attached hydrogen (secondary N) is 1. The molecule has 1 saturated carbocycles. The first-order chi connectivity index (χ1) is 10.5. The van der Waals surface area contributed by atoms with Crippen LogP contribution in [0.2, 0.25) is 5.02 Å². The maximum Gasteiger partial charge on any atom is 0.228 e. The molecule has 0 unspecified atom stereocenters. The Kier molecular flexibility index (Phi) is 4.08. The quantitative estimate of drug-likeness (QED) is 0.916. The van der Waals surface area contributed by atoms with E-state index < -0.39 is 0 Å². The minimum absolute atomic E-state index is 0.0656. The van der Waals surface area contributed by atoms with Crippen molar-refractivity contribution in [3.63, 3.8) is 0 Å². The summed E-state index contributed by atoms with van der Waals surface area (Å²) in [4.78, 5) is 17.0. The summed E-state index contributed by atoms with van der Waals surface area (Å²) in [6.07, 6.45) is 5.43. The van der Waals surface area contributed by atoms with E-state index in [1.165, 1.54) is 6.42 Å². The summed E-state index contributed by atoms with van der Waals surface area (Å²) in [6.45, 7) is 3.82. The summed E-state index contributed by atoms with van der Waals surface area (Å²) >= 11 is 6.31. The van der Waals surface area contributed by atoms with Crippen molar-refractivity contribution in [2.45, 2.75) is 46.0 Å². The minimum atomic E-state index is 0.0656. The summed E-state index contributed by atoms with van der Waals surface area (Å²) in [7, 11) is 1.83. The highest BCUT2D eigenvalue weighted by atomic mass is 35.5. The van der Waals surface area contributed by atoms with E-state index in [-0.39, 0.29) is 11.8 Å². The van der Waals surface area contributed by atoms with Crippen molar-refractivity contribution >= 4 is 34.4 Å². The Balaban J connectivity index is 1.97. The minimum Gasteiger partial charge on any atom is -0.308 e. The monoisotopic (exact) mass is 320 g/mol. The summed E-state index contributed by atoms with van der Waals surface area (Å²) < 4.78 is 1.70. The number of hydrogen-bond donors (Lipinski definition) is 1. The maximum absolute atomic E-state index is 12.5. The molecule has 0 aromatic carbocycles. The fourth-order valence-electron chi connectivity index (χ4n) is 3.25. The molecule has 3 rings (SSSR count). The third-order valence-electron chi connectivity index (χ3n) is 4.53. The second-order valence-corrected chi connectivity index (χ2v) is 6.51. The van der Waals surface area contributed by atoms with Gasteiger partial charge in [-0.2, -0.15) is 5.10 Å². The van der Waals surface area contributed by atoms with Gasteiger partial charge in [0.25, 0.3) is 0 Å². The molecule has 0 spiro atoms. The van der Waals surface area contributed by atoms with E-state index in [1.807, 2.05) is 20.9 Å². The fraction of sp³-hybridized carbons (Fsp3) is 0.562. The molecule has 0 bridgehead atoms. The number of fused-ring (bicyclic) bond motifs is 1. The molecule has 2 heterocycles. The SMILES string of the molecule is Cc1nc2c(c(NC(=O)C3CCCCC3)nn2C)c(C)c1Cl. The average Bonchev–Trinajstić information content (AvgIpc) is 2.81. The molecule has 2 aromatic rings. The lowest BCUT2D eigenvalue weighted by atomic mass is 9.88.